The average molecular weight is 318 g/mol. The van der Waals surface area contributed by atoms with Crippen LogP contribution in [0.1, 0.15) is 24.8 Å². The lowest BCUT2D eigenvalue weighted by atomic mass is 9.88. The Balaban J connectivity index is 1.84. The molecular formula is C18H26N2OS. The maximum absolute atomic E-state index is 11.0. The average Bonchev–Trinajstić information content (AvgIpc) is 2.90. The van der Waals surface area contributed by atoms with E-state index in [9.17, 15) is 5.11 Å². The second kappa shape index (κ2) is 6.65. The Morgan fingerprint density at radius 3 is 2.73 bits per heavy atom. The topological polar surface area (TPSA) is 28.4 Å². The second-order valence-corrected chi connectivity index (χ2v) is 7.81. The molecule has 3 rings (SSSR count). The molecule has 120 valence electrons. The van der Waals surface area contributed by atoms with Gasteiger partial charge in [-0.15, -0.1) is 0 Å². The Kier molecular flexibility index (Phi) is 4.81. The van der Waals surface area contributed by atoms with Crippen LogP contribution in [0.25, 0.3) is 10.9 Å². The summed E-state index contributed by atoms with van der Waals surface area (Å²) in [5, 5.41) is 12.2. The summed E-state index contributed by atoms with van der Waals surface area (Å²) < 4.78 is 2.32. The van der Waals surface area contributed by atoms with Crippen molar-refractivity contribution in [2.45, 2.75) is 31.4 Å². The fourth-order valence-electron chi connectivity index (χ4n) is 3.22. The highest BCUT2D eigenvalue weighted by Gasteiger charge is 2.31. The number of aryl methyl sites for hydroxylation is 1. The minimum Gasteiger partial charge on any atom is -0.385 e. The van der Waals surface area contributed by atoms with E-state index in [1.165, 1.54) is 10.9 Å². The standard InChI is InChI=1S/C18H26N2OS/c1-19(2)9-3-10-20-11-6-15-4-5-16(14-17(15)20)18(21)7-12-22-13-8-18/h4-6,11,14,21H,3,7-10,12-13H2,1-2H3. The number of aromatic nitrogens is 1. The van der Waals surface area contributed by atoms with Crippen LogP contribution in [0.4, 0.5) is 0 Å². The van der Waals surface area contributed by atoms with Gasteiger partial charge in [-0.25, -0.2) is 0 Å². The zero-order valence-electron chi connectivity index (χ0n) is 13.6. The van der Waals surface area contributed by atoms with Gasteiger partial charge in [-0.1, -0.05) is 12.1 Å². The molecule has 1 saturated heterocycles. The van der Waals surface area contributed by atoms with Crippen molar-refractivity contribution in [2.75, 3.05) is 32.1 Å². The van der Waals surface area contributed by atoms with E-state index in [1.54, 1.807) is 0 Å². The van der Waals surface area contributed by atoms with Gasteiger partial charge < -0.3 is 14.6 Å². The predicted octanol–water partition coefficient (Wildman–Crippen LogP) is 3.31. The molecule has 1 fully saturated rings. The largest absolute Gasteiger partial charge is 0.385 e. The molecule has 0 spiro atoms. The third kappa shape index (κ3) is 3.34. The van der Waals surface area contributed by atoms with Gasteiger partial charge in [-0.2, -0.15) is 11.8 Å². The van der Waals surface area contributed by atoms with Crippen molar-refractivity contribution in [3.63, 3.8) is 0 Å². The van der Waals surface area contributed by atoms with Gasteiger partial charge in [0.2, 0.25) is 0 Å². The molecular weight excluding hydrogens is 292 g/mol. The summed E-state index contributed by atoms with van der Waals surface area (Å²) in [5.74, 6) is 2.11. The zero-order chi connectivity index (χ0) is 15.6. The number of hydrogen-bond donors (Lipinski definition) is 1. The van der Waals surface area contributed by atoms with E-state index in [2.05, 4.69) is 54.0 Å². The second-order valence-electron chi connectivity index (χ2n) is 6.58. The Hall–Kier alpha value is -0.970. The number of aliphatic hydroxyl groups is 1. The van der Waals surface area contributed by atoms with Gasteiger partial charge >= 0.3 is 0 Å². The molecule has 1 aliphatic heterocycles. The van der Waals surface area contributed by atoms with Crippen LogP contribution in [0.5, 0.6) is 0 Å². The van der Waals surface area contributed by atoms with Crippen molar-refractivity contribution >= 4 is 22.7 Å². The van der Waals surface area contributed by atoms with Crippen LogP contribution >= 0.6 is 11.8 Å². The lowest BCUT2D eigenvalue weighted by Crippen LogP contribution is -2.30. The van der Waals surface area contributed by atoms with E-state index in [0.717, 1.165) is 49.4 Å². The third-order valence-electron chi connectivity index (χ3n) is 4.64. The Morgan fingerprint density at radius 1 is 1.23 bits per heavy atom. The monoisotopic (exact) mass is 318 g/mol. The summed E-state index contributed by atoms with van der Waals surface area (Å²) in [5.41, 5.74) is 1.72. The summed E-state index contributed by atoms with van der Waals surface area (Å²) >= 11 is 1.94. The Bertz CT molecular complexity index is 629. The molecule has 1 aromatic carbocycles. The highest BCUT2D eigenvalue weighted by Crippen LogP contribution is 2.37. The van der Waals surface area contributed by atoms with Gasteiger partial charge in [-0.3, -0.25) is 0 Å². The van der Waals surface area contributed by atoms with Gasteiger partial charge in [0.05, 0.1) is 5.60 Å². The van der Waals surface area contributed by atoms with Crippen molar-refractivity contribution in [3.8, 4) is 0 Å². The van der Waals surface area contributed by atoms with Crippen LogP contribution < -0.4 is 0 Å². The van der Waals surface area contributed by atoms with Gasteiger partial charge in [0.1, 0.15) is 0 Å². The third-order valence-corrected chi connectivity index (χ3v) is 5.62. The number of rotatable bonds is 5. The SMILES string of the molecule is CN(C)CCCn1ccc2ccc(C3(O)CCSCC3)cc21. The molecule has 22 heavy (non-hydrogen) atoms. The molecule has 0 saturated carbocycles. The van der Waals surface area contributed by atoms with E-state index in [0.29, 0.717) is 0 Å². The molecule has 0 aliphatic carbocycles. The summed E-state index contributed by atoms with van der Waals surface area (Å²) in [6, 6.07) is 8.66. The highest BCUT2D eigenvalue weighted by atomic mass is 32.2. The number of hydrogen-bond acceptors (Lipinski definition) is 3. The van der Waals surface area contributed by atoms with Crippen molar-refractivity contribution in [2.24, 2.45) is 0 Å². The first-order valence-electron chi connectivity index (χ1n) is 8.13. The van der Waals surface area contributed by atoms with Gasteiger partial charge in [0.15, 0.2) is 0 Å². The summed E-state index contributed by atoms with van der Waals surface area (Å²) in [6.45, 7) is 2.12. The first kappa shape index (κ1) is 15.9. The maximum atomic E-state index is 11.0. The Labute approximate surface area is 137 Å². The van der Waals surface area contributed by atoms with Gasteiger partial charge in [-0.05, 0) is 74.5 Å². The summed E-state index contributed by atoms with van der Waals surface area (Å²) in [7, 11) is 4.23. The highest BCUT2D eigenvalue weighted by molar-refractivity contribution is 7.99. The minimum absolute atomic E-state index is 0.627. The lowest BCUT2D eigenvalue weighted by Gasteiger charge is -2.32. The first-order chi connectivity index (χ1) is 10.6. The lowest BCUT2D eigenvalue weighted by molar-refractivity contribution is 0.0282. The van der Waals surface area contributed by atoms with E-state index in [4.69, 9.17) is 0 Å². The van der Waals surface area contributed by atoms with Crippen LogP contribution in [-0.2, 0) is 12.1 Å². The molecule has 2 heterocycles. The molecule has 4 heteroatoms. The van der Waals surface area contributed by atoms with Crippen LogP contribution in [0.15, 0.2) is 30.5 Å². The van der Waals surface area contributed by atoms with Crippen molar-refractivity contribution in [3.05, 3.63) is 36.0 Å². The fourth-order valence-corrected chi connectivity index (χ4v) is 4.39. The quantitative estimate of drug-likeness (QED) is 0.917. The molecule has 0 bridgehead atoms. The van der Waals surface area contributed by atoms with Crippen LogP contribution in [-0.4, -0.2) is 46.7 Å². The summed E-state index contributed by atoms with van der Waals surface area (Å²) in [6.07, 6.45) is 5.04. The Morgan fingerprint density at radius 2 is 2.00 bits per heavy atom. The van der Waals surface area contributed by atoms with E-state index >= 15 is 0 Å². The zero-order valence-corrected chi connectivity index (χ0v) is 14.4. The first-order valence-corrected chi connectivity index (χ1v) is 9.28. The maximum Gasteiger partial charge on any atom is 0.0913 e. The summed E-state index contributed by atoms with van der Waals surface area (Å²) in [4.78, 5) is 2.22. The van der Waals surface area contributed by atoms with Crippen LogP contribution in [0.3, 0.4) is 0 Å². The van der Waals surface area contributed by atoms with Crippen molar-refractivity contribution < 1.29 is 5.11 Å². The molecule has 0 unspecified atom stereocenters. The van der Waals surface area contributed by atoms with Crippen LogP contribution in [0, 0.1) is 0 Å². The molecule has 1 aromatic heterocycles. The van der Waals surface area contributed by atoms with Crippen molar-refractivity contribution in [1.82, 2.24) is 9.47 Å². The number of nitrogens with zero attached hydrogens (tertiary/aromatic N) is 2. The predicted molar refractivity (Wildman–Crippen MR) is 95.6 cm³/mol. The number of thioether (sulfide) groups is 1. The van der Waals surface area contributed by atoms with E-state index < -0.39 is 5.60 Å². The molecule has 0 atom stereocenters. The van der Waals surface area contributed by atoms with Crippen LogP contribution in [0.2, 0.25) is 0 Å². The fraction of sp³-hybridized carbons (Fsp3) is 0.556. The molecule has 1 aliphatic rings. The molecule has 3 nitrogen and oxygen atoms in total. The smallest absolute Gasteiger partial charge is 0.0913 e. The molecule has 2 aromatic rings. The normalized spacial score (nSPS) is 18.2. The van der Waals surface area contributed by atoms with Crippen molar-refractivity contribution in [1.29, 1.82) is 0 Å². The number of fused-ring (bicyclic) bond motifs is 1. The minimum atomic E-state index is -0.627. The van der Waals surface area contributed by atoms with Gasteiger partial charge in [0.25, 0.3) is 0 Å². The number of benzene rings is 1. The molecule has 0 radical (unpaired) electrons. The van der Waals surface area contributed by atoms with Gasteiger partial charge in [0, 0.05) is 18.3 Å². The van der Waals surface area contributed by atoms with E-state index in [1.807, 2.05) is 11.8 Å². The molecule has 1 N–H and O–H groups in total. The van der Waals surface area contributed by atoms with E-state index in [-0.39, 0.29) is 0 Å². The molecule has 0 amide bonds.